The van der Waals surface area contributed by atoms with Crippen molar-refractivity contribution in [2.24, 2.45) is 10.3 Å². The standard InChI is InChI=1S/C26H28N4/c1-2-3-15-25(30-24-17-10-8-14-22(24)27-28-30)26-18-21-13-7-9-16-23(21)29(26)19-20-11-5-4-6-12-20/h4-14,16-18,22,24-25H,2-3,15,19H2,1H3. The fourth-order valence-corrected chi connectivity index (χ4v) is 4.65. The Kier molecular flexibility index (Phi) is 5.22. The average Bonchev–Trinajstić information content (AvgIpc) is 3.38. The highest BCUT2D eigenvalue weighted by molar-refractivity contribution is 5.81. The monoisotopic (exact) mass is 396 g/mol. The summed E-state index contributed by atoms with van der Waals surface area (Å²) < 4.78 is 2.48. The first-order chi connectivity index (χ1) is 14.8. The van der Waals surface area contributed by atoms with E-state index in [0.29, 0.717) is 0 Å². The molecule has 0 saturated heterocycles. The van der Waals surface area contributed by atoms with Crippen molar-refractivity contribution in [3.63, 3.8) is 0 Å². The predicted octanol–water partition coefficient (Wildman–Crippen LogP) is 6.47. The van der Waals surface area contributed by atoms with Crippen molar-refractivity contribution >= 4 is 10.9 Å². The van der Waals surface area contributed by atoms with Gasteiger partial charge >= 0.3 is 0 Å². The summed E-state index contributed by atoms with van der Waals surface area (Å²) in [4.78, 5) is 0. The molecule has 152 valence electrons. The normalized spacial score (nSPS) is 20.8. The summed E-state index contributed by atoms with van der Waals surface area (Å²) in [5, 5.41) is 12.8. The number of hydrogen-bond acceptors (Lipinski definition) is 3. The van der Waals surface area contributed by atoms with Crippen LogP contribution < -0.4 is 0 Å². The third kappa shape index (κ3) is 3.47. The molecule has 4 nitrogen and oxygen atoms in total. The Labute approximate surface area is 178 Å². The molecule has 0 bridgehead atoms. The van der Waals surface area contributed by atoms with E-state index in [-0.39, 0.29) is 18.1 Å². The number of unbranched alkanes of at least 4 members (excludes halogenated alkanes) is 1. The van der Waals surface area contributed by atoms with Crippen LogP contribution in [0.4, 0.5) is 0 Å². The van der Waals surface area contributed by atoms with Crippen molar-refractivity contribution < 1.29 is 0 Å². The number of para-hydroxylation sites is 1. The van der Waals surface area contributed by atoms with Gasteiger partial charge in [-0.2, -0.15) is 5.11 Å². The number of allylic oxidation sites excluding steroid dienone is 2. The minimum atomic E-state index is 0.131. The second kappa shape index (κ2) is 8.31. The molecule has 3 unspecified atom stereocenters. The molecule has 0 radical (unpaired) electrons. The third-order valence-electron chi connectivity index (χ3n) is 6.19. The quantitative estimate of drug-likeness (QED) is 0.451. The maximum Gasteiger partial charge on any atom is 0.117 e. The van der Waals surface area contributed by atoms with Crippen molar-refractivity contribution in [2.75, 3.05) is 0 Å². The van der Waals surface area contributed by atoms with Crippen LogP contribution in [0.1, 0.15) is 43.5 Å². The second-order valence-corrected chi connectivity index (χ2v) is 8.19. The molecule has 3 atom stereocenters. The fraction of sp³-hybridized carbons (Fsp3) is 0.308. The van der Waals surface area contributed by atoms with Crippen molar-refractivity contribution in [1.29, 1.82) is 0 Å². The van der Waals surface area contributed by atoms with Gasteiger partial charge in [-0.3, -0.25) is 5.01 Å². The lowest BCUT2D eigenvalue weighted by molar-refractivity contribution is 0.166. The molecule has 0 fully saturated rings. The van der Waals surface area contributed by atoms with Crippen molar-refractivity contribution in [2.45, 2.75) is 50.9 Å². The Hall–Kier alpha value is -3.14. The number of nitrogens with zero attached hydrogens (tertiary/aromatic N) is 4. The molecule has 0 spiro atoms. The van der Waals surface area contributed by atoms with Gasteiger partial charge < -0.3 is 4.57 Å². The average molecular weight is 397 g/mol. The van der Waals surface area contributed by atoms with Gasteiger partial charge in [0, 0.05) is 17.8 Å². The summed E-state index contributed by atoms with van der Waals surface area (Å²) in [6.07, 6.45) is 12.0. The maximum absolute atomic E-state index is 4.67. The largest absolute Gasteiger partial charge is 0.338 e. The highest BCUT2D eigenvalue weighted by atomic mass is 15.6. The molecule has 1 aromatic heterocycles. The molecule has 4 heteroatoms. The lowest BCUT2D eigenvalue weighted by Crippen LogP contribution is -2.36. The van der Waals surface area contributed by atoms with Gasteiger partial charge in [0.1, 0.15) is 6.04 Å². The smallest absolute Gasteiger partial charge is 0.117 e. The second-order valence-electron chi connectivity index (χ2n) is 8.19. The van der Waals surface area contributed by atoms with Crippen LogP contribution in [0.15, 0.2) is 95.3 Å². The molecule has 5 rings (SSSR count). The molecule has 2 aromatic carbocycles. The number of rotatable bonds is 7. The molecule has 2 aliphatic rings. The fourth-order valence-electron chi connectivity index (χ4n) is 4.65. The first-order valence-corrected chi connectivity index (χ1v) is 11.0. The molecule has 30 heavy (non-hydrogen) atoms. The van der Waals surface area contributed by atoms with Crippen molar-refractivity contribution in [3.8, 4) is 0 Å². The molecule has 1 aliphatic heterocycles. The summed E-state index contributed by atoms with van der Waals surface area (Å²) in [7, 11) is 0. The number of benzene rings is 2. The van der Waals surface area contributed by atoms with Gasteiger partial charge in [0.05, 0.1) is 12.1 Å². The first-order valence-electron chi connectivity index (χ1n) is 11.0. The molecule has 2 heterocycles. The van der Waals surface area contributed by atoms with Crippen LogP contribution in [0.5, 0.6) is 0 Å². The number of hydrogen-bond donors (Lipinski definition) is 0. The minimum absolute atomic E-state index is 0.131. The van der Waals surface area contributed by atoms with E-state index >= 15 is 0 Å². The van der Waals surface area contributed by atoms with E-state index in [1.54, 1.807) is 0 Å². The number of aromatic nitrogens is 1. The van der Waals surface area contributed by atoms with Gasteiger partial charge in [0.2, 0.25) is 0 Å². The van der Waals surface area contributed by atoms with E-state index < -0.39 is 0 Å². The maximum atomic E-state index is 4.67. The Balaban J connectivity index is 1.59. The zero-order chi connectivity index (χ0) is 20.3. The Bertz CT molecular complexity index is 1090. The van der Waals surface area contributed by atoms with Crippen molar-refractivity contribution in [3.05, 3.63) is 96.2 Å². The lowest BCUT2D eigenvalue weighted by Gasteiger charge is -2.32. The van der Waals surface area contributed by atoms with E-state index in [1.165, 1.54) is 35.0 Å². The summed E-state index contributed by atoms with van der Waals surface area (Å²) in [5.74, 6) is 0. The molecule has 3 aromatic rings. The van der Waals surface area contributed by atoms with Gasteiger partial charge in [-0.1, -0.05) is 97.8 Å². The molecular weight excluding hydrogens is 368 g/mol. The Morgan fingerprint density at radius 2 is 1.77 bits per heavy atom. The van der Waals surface area contributed by atoms with Crippen LogP contribution in [-0.2, 0) is 6.54 Å². The van der Waals surface area contributed by atoms with Crippen LogP contribution >= 0.6 is 0 Å². The third-order valence-corrected chi connectivity index (χ3v) is 6.19. The van der Waals surface area contributed by atoms with Crippen LogP contribution in [0.25, 0.3) is 10.9 Å². The Morgan fingerprint density at radius 3 is 2.63 bits per heavy atom. The molecule has 0 saturated carbocycles. The van der Waals surface area contributed by atoms with E-state index in [4.69, 9.17) is 0 Å². The minimum Gasteiger partial charge on any atom is -0.338 e. The van der Waals surface area contributed by atoms with Gasteiger partial charge in [0.15, 0.2) is 0 Å². The summed E-state index contributed by atoms with van der Waals surface area (Å²) in [6.45, 7) is 3.12. The Morgan fingerprint density at radius 1 is 0.967 bits per heavy atom. The zero-order valence-electron chi connectivity index (χ0n) is 17.4. The lowest BCUT2D eigenvalue weighted by atomic mass is 9.99. The molecule has 1 aliphatic carbocycles. The van der Waals surface area contributed by atoms with Crippen molar-refractivity contribution in [1.82, 2.24) is 9.58 Å². The summed E-state index contributed by atoms with van der Waals surface area (Å²) in [6, 6.07) is 22.4. The molecule has 0 amide bonds. The van der Waals surface area contributed by atoms with E-state index in [1.807, 2.05) is 0 Å². The van der Waals surface area contributed by atoms with Gasteiger partial charge in [0.25, 0.3) is 0 Å². The topological polar surface area (TPSA) is 32.9 Å². The highest BCUT2D eigenvalue weighted by Crippen LogP contribution is 2.38. The zero-order valence-corrected chi connectivity index (χ0v) is 17.4. The summed E-state index contributed by atoms with van der Waals surface area (Å²) in [5.41, 5.74) is 3.93. The van der Waals surface area contributed by atoms with Crippen LogP contribution in [0.3, 0.4) is 0 Å². The van der Waals surface area contributed by atoms with Gasteiger partial charge in [-0.05, 0) is 29.5 Å². The van der Waals surface area contributed by atoms with E-state index in [9.17, 15) is 0 Å². The van der Waals surface area contributed by atoms with Gasteiger partial charge in [-0.25, -0.2) is 0 Å². The van der Waals surface area contributed by atoms with E-state index in [2.05, 4.69) is 112 Å². The van der Waals surface area contributed by atoms with E-state index in [0.717, 1.165) is 13.0 Å². The van der Waals surface area contributed by atoms with Gasteiger partial charge in [-0.15, -0.1) is 0 Å². The first kappa shape index (κ1) is 18.9. The van der Waals surface area contributed by atoms with Crippen LogP contribution in [-0.4, -0.2) is 21.7 Å². The van der Waals surface area contributed by atoms with Crippen LogP contribution in [0.2, 0.25) is 0 Å². The molecular formula is C26H28N4. The summed E-state index contributed by atoms with van der Waals surface area (Å²) >= 11 is 0. The highest BCUT2D eigenvalue weighted by Gasteiger charge is 2.36. The number of fused-ring (bicyclic) bond motifs is 2. The SMILES string of the molecule is CCCCC(c1cc2ccccc2n1Cc1ccccc1)N1N=NC2C=CC=CC21. The predicted molar refractivity (Wildman–Crippen MR) is 122 cm³/mol. The molecule has 0 N–H and O–H groups in total. The van der Waals surface area contributed by atoms with Crippen LogP contribution in [0, 0.1) is 0 Å².